The van der Waals surface area contributed by atoms with E-state index >= 15 is 0 Å². The van der Waals surface area contributed by atoms with E-state index in [9.17, 15) is 13.2 Å². The predicted octanol–water partition coefficient (Wildman–Crippen LogP) is 3.24. The summed E-state index contributed by atoms with van der Waals surface area (Å²) in [6.07, 6.45) is 6.95. The lowest BCUT2D eigenvalue weighted by molar-refractivity contribution is 0.235. The van der Waals surface area contributed by atoms with Gasteiger partial charge >= 0.3 is 6.03 Å². The van der Waals surface area contributed by atoms with Gasteiger partial charge in [-0.15, -0.1) is 0 Å². The van der Waals surface area contributed by atoms with Gasteiger partial charge in [0, 0.05) is 25.7 Å². The molecule has 1 aromatic rings. The van der Waals surface area contributed by atoms with Crippen LogP contribution in [0.1, 0.15) is 57.9 Å². The van der Waals surface area contributed by atoms with Gasteiger partial charge in [0.1, 0.15) is 0 Å². The minimum atomic E-state index is -3.44. The molecule has 2 N–H and O–H groups in total. The Kier molecular flexibility index (Phi) is 7.90. The van der Waals surface area contributed by atoms with Gasteiger partial charge in [-0.05, 0) is 30.5 Å². The summed E-state index contributed by atoms with van der Waals surface area (Å²) in [6.45, 7) is 4.93. The monoisotopic (exact) mass is 381 g/mol. The van der Waals surface area contributed by atoms with E-state index in [4.69, 9.17) is 0 Å². The Bertz CT molecular complexity index is 662. The second kappa shape index (κ2) is 9.92. The lowest BCUT2D eigenvalue weighted by Crippen LogP contribution is -2.41. The Balaban J connectivity index is 1.87. The van der Waals surface area contributed by atoms with Gasteiger partial charge in [-0.1, -0.05) is 51.7 Å². The van der Waals surface area contributed by atoms with Gasteiger partial charge < -0.3 is 10.6 Å². The van der Waals surface area contributed by atoms with E-state index < -0.39 is 10.0 Å². The molecule has 0 saturated heterocycles. The van der Waals surface area contributed by atoms with Gasteiger partial charge in [-0.3, -0.25) is 0 Å². The van der Waals surface area contributed by atoms with Crippen molar-refractivity contribution in [3.8, 4) is 0 Å². The number of rotatable bonds is 7. The molecule has 0 aromatic heterocycles. The molecule has 1 aliphatic carbocycles. The van der Waals surface area contributed by atoms with E-state index in [1.54, 1.807) is 24.3 Å². The molecule has 1 fully saturated rings. The van der Waals surface area contributed by atoms with Crippen LogP contribution in [-0.4, -0.2) is 37.9 Å². The maximum Gasteiger partial charge on any atom is 0.315 e. The highest BCUT2D eigenvalue weighted by atomic mass is 32.2. The Labute approximate surface area is 157 Å². The molecule has 7 heteroatoms. The molecule has 0 unspecified atom stereocenters. The predicted molar refractivity (Wildman–Crippen MR) is 103 cm³/mol. The lowest BCUT2D eigenvalue weighted by atomic mass is 10.1. The smallest absolute Gasteiger partial charge is 0.315 e. The van der Waals surface area contributed by atoms with E-state index in [-0.39, 0.29) is 17.0 Å². The van der Waals surface area contributed by atoms with Crippen molar-refractivity contribution in [2.45, 2.75) is 69.9 Å². The molecule has 2 amide bonds. The van der Waals surface area contributed by atoms with Crippen molar-refractivity contribution in [1.82, 2.24) is 14.9 Å². The number of urea groups is 1. The van der Waals surface area contributed by atoms with E-state index in [2.05, 4.69) is 10.6 Å². The van der Waals surface area contributed by atoms with Crippen LogP contribution in [-0.2, 0) is 16.6 Å². The lowest BCUT2D eigenvalue weighted by Gasteiger charge is -2.19. The fourth-order valence-electron chi connectivity index (χ4n) is 3.33. The van der Waals surface area contributed by atoms with Crippen LogP contribution in [0.25, 0.3) is 0 Å². The largest absolute Gasteiger partial charge is 0.335 e. The highest BCUT2D eigenvalue weighted by Crippen LogP contribution is 2.18. The molecular weight excluding hydrogens is 350 g/mol. The zero-order chi connectivity index (χ0) is 19.0. The van der Waals surface area contributed by atoms with Crippen LogP contribution in [0, 0.1) is 0 Å². The topological polar surface area (TPSA) is 78.5 Å². The van der Waals surface area contributed by atoms with Crippen LogP contribution in [0.4, 0.5) is 4.79 Å². The summed E-state index contributed by atoms with van der Waals surface area (Å²) >= 11 is 0. The third-order valence-corrected chi connectivity index (χ3v) is 6.97. The average Bonchev–Trinajstić information content (AvgIpc) is 2.90. The minimum Gasteiger partial charge on any atom is -0.335 e. The molecule has 1 aliphatic rings. The Hall–Kier alpha value is -1.60. The summed E-state index contributed by atoms with van der Waals surface area (Å²) < 4.78 is 26.4. The van der Waals surface area contributed by atoms with Gasteiger partial charge in [0.05, 0.1) is 4.90 Å². The highest BCUT2D eigenvalue weighted by Gasteiger charge is 2.21. The van der Waals surface area contributed by atoms with Crippen molar-refractivity contribution in [1.29, 1.82) is 0 Å². The van der Waals surface area contributed by atoms with Crippen LogP contribution in [0.3, 0.4) is 0 Å². The summed E-state index contributed by atoms with van der Waals surface area (Å²) in [5.74, 6) is 0. The number of nitrogens with one attached hydrogen (secondary N) is 2. The maximum atomic E-state index is 12.5. The number of hydrogen-bond acceptors (Lipinski definition) is 3. The van der Waals surface area contributed by atoms with Gasteiger partial charge in [0.15, 0.2) is 0 Å². The van der Waals surface area contributed by atoms with Crippen molar-refractivity contribution in [2.75, 3.05) is 13.1 Å². The van der Waals surface area contributed by atoms with Gasteiger partial charge in [-0.2, -0.15) is 4.31 Å². The summed E-state index contributed by atoms with van der Waals surface area (Å²) in [6, 6.07) is 6.82. The molecule has 0 aliphatic heterocycles. The van der Waals surface area contributed by atoms with E-state index in [1.165, 1.54) is 30.0 Å². The number of nitrogens with zero attached hydrogens (tertiary/aromatic N) is 1. The minimum absolute atomic E-state index is 0.156. The Morgan fingerprint density at radius 1 is 1.04 bits per heavy atom. The number of carbonyl (C=O) groups is 1. The number of carbonyl (C=O) groups excluding carboxylic acids is 1. The van der Waals surface area contributed by atoms with E-state index in [0.717, 1.165) is 18.4 Å². The molecule has 2 rings (SSSR count). The third-order valence-electron chi connectivity index (χ3n) is 4.91. The molecule has 0 spiro atoms. The second-order valence-electron chi connectivity index (χ2n) is 6.75. The summed E-state index contributed by atoms with van der Waals surface area (Å²) in [4.78, 5) is 12.4. The van der Waals surface area contributed by atoms with Crippen LogP contribution < -0.4 is 10.6 Å². The van der Waals surface area contributed by atoms with Crippen LogP contribution >= 0.6 is 0 Å². The molecule has 0 radical (unpaired) electrons. The molecule has 1 saturated carbocycles. The van der Waals surface area contributed by atoms with Crippen molar-refractivity contribution in [3.05, 3.63) is 29.8 Å². The van der Waals surface area contributed by atoms with E-state index in [0.29, 0.717) is 19.6 Å². The SMILES string of the molecule is CCN(CC)S(=O)(=O)c1ccc(CNC(=O)NC2CCCCCC2)cc1. The first-order valence-electron chi connectivity index (χ1n) is 9.60. The van der Waals surface area contributed by atoms with Gasteiger partial charge in [0.2, 0.25) is 10.0 Å². The Morgan fingerprint density at radius 2 is 1.62 bits per heavy atom. The number of amides is 2. The average molecular weight is 382 g/mol. The first-order valence-corrected chi connectivity index (χ1v) is 11.0. The molecular formula is C19H31N3O3S. The molecule has 0 bridgehead atoms. The molecule has 0 atom stereocenters. The standard InChI is InChI=1S/C19H31N3O3S/c1-3-22(4-2)26(24,25)18-13-11-16(12-14-18)15-20-19(23)21-17-9-7-5-6-8-10-17/h11-14,17H,3-10,15H2,1-2H3,(H2,20,21,23). The molecule has 146 valence electrons. The zero-order valence-electron chi connectivity index (χ0n) is 15.8. The van der Waals surface area contributed by atoms with Crippen molar-refractivity contribution in [3.63, 3.8) is 0 Å². The number of hydrogen-bond donors (Lipinski definition) is 2. The first-order chi connectivity index (χ1) is 12.5. The molecule has 0 heterocycles. The van der Waals surface area contributed by atoms with E-state index in [1.807, 2.05) is 13.8 Å². The highest BCUT2D eigenvalue weighted by molar-refractivity contribution is 7.89. The third kappa shape index (κ3) is 5.71. The Morgan fingerprint density at radius 3 is 2.15 bits per heavy atom. The zero-order valence-corrected chi connectivity index (χ0v) is 16.6. The van der Waals surface area contributed by atoms with Crippen LogP contribution in [0.15, 0.2) is 29.2 Å². The van der Waals surface area contributed by atoms with Crippen molar-refractivity contribution >= 4 is 16.1 Å². The van der Waals surface area contributed by atoms with Gasteiger partial charge in [0.25, 0.3) is 0 Å². The number of sulfonamides is 1. The molecule has 6 nitrogen and oxygen atoms in total. The summed E-state index contributed by atoms with van der Waals surface area (Å²) in [7, 11) is -3.44. The van der Waals surface area contributed by atoms with Crippen molar-refractivity contribution < 1.29 is 13.2 Å². The van der Waals surface area contributed by atoms with Crippen molar-refractivity contribution in [2.24, 2.45) is 0 Å². The quantitative estimate of drug-likeness (QED) is 0.712. The normalized spacial score (nSPS) is 16.3. The fourth-order valence-corrected chi connectivity index (χ4v) is 4.79. The fraction of sp³-hybridized carbons (Fsp3) is 0.632. The van der Waals surface area contributed by atoms with Gasteiger partial charge in [-0.25, -0.2) is 13.2 Å². The maximum absolute atomic E-state index is 12.5. The van der Waals surface area contributed by atoms with Crippen LogP contribution in [0.2, 0.25) is 0 Å². The molecule has 26 heavy (non-hydrogen) atoms. The summed E-state index contributed by atoms with van der Waals surface area (Å²) in [5.41, 5.74) is 0.875. The second-order valence-corrected chi connectivity index (χ2v) is 8.69. The number of benzene rings is 1. The van der Waals surface area contributed by atoms with Crippen LogP contribution in [0.5, 0.6) is 0 Å². The first kappa shape index (κ1) is 20.7. The summed E-state index contributed by atoms with van der Waals surface area (Å²) in [5, 5.41) is 5.90. The molecule has 1 aromatic carbocycles.